The highest BCUT2D eigenvalue weighted by atomic mass is 35.5. The van der Waals surface area contributed by atoms with Gasteiger partial charge in [0.15, 0.2) is 0 Å². The summed E-state index contributed by atoms with van der Waals surface area (Å²) in [6.07, 6.45) is 0. The molecule has 0 fully saturated rings. The Balaban J connectivity index is 1.88. The average molecular weight is 303 g/mol. The summed E-state index contributed by atoms with van der Waals surface area (Å²) in [5.41, 5.74) is 2.92. The highest BCUT2D eigenvalue weighted by molar-refractivity contribution is 6.31. The molecule has 0 spiro atoms. The molecule has 0 aliphatic rings. The lowest BCUT2D eigenvalue weighted by atomic mass is 10.1. The third-order valence-corrected chi connectivity index (χ3v) is 3.59. The average Bonchev–Trinajstić information content (AvgIpc) is 2.45. The monoisotopic (exact) mass is 302 g/mol. The highest BCUT2D eigenvalue weighted by Gasteiger charge is 2.10. The molecule has 0 saturated heterocycles. The Hall–Kier alpha value is -1.84. The van der Waals surface area contributed by atoms with Crippen LogP contribution in [0.4, 0.5) is 5.69 Å². The number of amides is 1. The summed E-state index contributed by atoms with van der Waals surface area (Å²) in [4.78, 5) is 11.9. The van der Waals surface area contributed by atoms with E-state index in [1.54, 1.807) is 0 Å². The van der Waals surface area contributed by atoms with Crippen molar-refractivity contribution in [1.29, 1.82) is 0 Å². The zero-order valence-electron chi connectivity index (χ0n) is 12.2. The van der Waals surface area contributed by atoms with Gasteiger partial charge in [0.1, 0.15) is 0 Å². The van der Waals surface area contributed by atoms with Crippen LogP contribution in [0.25, 0.3) is 0 Å². The van der Waals surface area contributed by atoms with Gasteiger partial charge in [0.05, 0.1) is 6.54 Å². The molecule has 2 aromatic rings. The minimum Gasteiger partial charge on any atom is -0.325 e. The SMILES string of the molecule is Cc1cccc(NC(=O)CN[C@H](C)c2ccccc2Cl)c1. The molecule has 2 N–H and O–H groups in total. The topological polar surface area (TPSA) is 41.1 Å². The minimum absolute atomic E-state index is 0.0157. The van der Waals surface area contributed by atoms with Gasteiger partial charge in [-0.3, -0.25) is 4.79 Å². The van der Waals surface area contributed by atoms with Crippen LogP contribution in [0.3, 0.4) is 0 Å². The Morgan fingerprint density at radius 2 is 1.95 bits per heavy atom. The van der Waals surface area contributed by atoms with Crippen molar-refractivity contribution in [3.8, 4) is 0 Å². The molecule has 0 bridgehead atoms. The first-order valence-corrected chi connectivity index (χ1v) is 7.28. The van der Waals surface area contributed by atoms with Gasteiger partial charge in [0, 0.05) is 16.8 Å². The fourth-order valence-electron chi connectivity index (χ4n) is 2.11. The molecule has 0 aromatic heterocycles. The van der Waals surface area contributed by atoms with Gasteiger partial charge in [-0.1, -0.05) is 41.9 Å². The first kappa shape index (κ1) is 15.5. The molecule has 0 aliphatic heterocycles. The van der Waals surface area contributed by atoms with Crippen LogP contribution in [0, 0.1) is 6.92 Å². The number of hydrogen-bond acceptors (Lipinski definition) is 2. The van der Waals surface area contributed by atoms with Crippen LogP contribution in [-0.2, 0) is 4.79 Å². The van der Waals surface area contributed by atoms with E-state index in [1.807, 2.05) is 62.4 Å². The maximum Gasteiger partial charge on any atom is 0.238 e. The van der Waals surface area contributed by atoms with Gasteiger partial charge in [-0.05, 0) is 43.2 Å². The highest BCUT2D eigenvalue weighted by Crippen LogP contribution is 2.21. The first-order chi connectivity index (χ1) is 10.1. The van der Waals surface area contributed by atoms with Crippen LogP contribution < -0.4 is 10.6 Å². The van der Waals surface area contributed by atoms with E-state index in [4.69, 9.17) is 11.6 Å². The molecule has 1 atom stereocenters. The largest absolute Gasteiger partial charge is 0.325 e. The molecule has 0 heterocycles. The van der Waals surface area contributed by atoms with Gasteiger partial charge in [0.25, 0.3) is 0 Å². The second-order valence-corrected chi connectivity index (χ2v) is 5.45. The number of benzene rings is 2. The standard InChI is InChI=1S/C17H19ClN2O/c1-12-6-5-7-14(10-12)20-17(21)11-19-13(2)15-8-3-4-9-16(15)18/h3-10,13,19H,11H2,1-2H3,(H,20,21)/t13-/m1/s1. The lowest BCUT2D eigenvalue weighted by molar-refractivity contribution is -0.115. The predicted octanol–water partition coefficient (Wildman–Crippen LogP) is 3.94. The molecular formula is C17H19ClN2O. The van der Waals surface area contributed by atoms with Crippen LogP contribution in [0.1, 0.15) is 24.1 Å². The lowest BCUT2D eigenvalue weighted by Gasteiger charge is -2.15. The van der Waals surface area contributed by atoms with Crippen LogP contribution >= 0.6 is 11.6 Å². The summed E-state index contributed by atoms with van der Waals surface area (Å²) in [6.45, 7) is 4.22. The molecule has 0 unspecified atom stereocenters. The number of rotatable bonds is 5. The molecule has 110 valence electrons. The van der Waals surface area contributed by atoms with Crippen molar-refractivity contribution < 1.29 is 4.79 Å². The Morgan fingerprint density at radius 3 is 2.67 bits per heavy atom. The van der Waals surface area contributed by atoms with Crippen molar-refractivity contribution in [3.05, 3.63) is 64.7 Å². The lowest BCUT2D eigenvalue weighted by Crippen LogP contribution is -2.30. The molecule has 0 saturated carbocycles. The maximum atomic E-state index is 11.9. The number of carbonyl (C=O) groups is 1. The normalized spacial score (nSPS) is 12.0. The molecule has 2 aromatic carbocycles. The molecular weight excluding hydrogens is 284 g/mol. The predicted molar refractivity (Wildman–Crippen MR) is 87.7 cm³/mol. The second kappa shape index (κ2) is 7.25. The van der Waals surface area contributed by atoms with Crippen LogP contribution in [0.15, 0.2) is 48.5 Å². The fourth-order valence-corrected chi connectivity index (χ4v) is 2.41. The summed E-state index contributed by atoms with van der Waals surface area (Å²) in [7, 11) is 0. The van der Waals surface area contributed by atoms with Gasteiger partial charge in [-0.25, -0.2) is 0 Å². The van der Waals surface area contributed by atoms with E-state index in [9.17, 15) is 4.79 Å². The first-order valence-electron chi connectivity index (χ1n) is 6.90. The maximum absolute atomic E-state index is 11.9. The minimum atomic E-state index is -0.0699. The number of hydrogen-bond donors (Lipinski definition) is 2. The van der Waals surface area contributed by atoms with E-state index in [2.05, 4.69) is 10.6 Å². The van der Waals surface area contributed by atoms with E-state index in [1.165, 1.54) is 0 Å². The number of carbonyl (C=O) groups excluding carboxylic acids is 1. The van der Waals surface area contributed by atoms with Gasteiger partial charge < -0.3 is 10.6 Å². The number of nitrogens with one attached hydrogen (secondary N) is 2. The van der Waals surface area contributed by atoms with E-state index >= 15 is 0 Å². The Morgan fingerprint density at radius 1 is 1.19 bits per heavy atom. The summed E-state index contributed by atoms with van der Waals surface area (Å²) < 4.78 is 0. The van der Waals surface area contributed by atoms with Gasteiger partial charge in [0.2, 0.25) is 5.91 Å². The quantitative estimate of drug-likeness (QED) is 0.878. The van der Waals surface area contributed by atoms with Gasteiger partial charge >= 0.3 is 0 Å². The van der Waals surface area contributed by atoms with Gasteiger partial charge in [-0.15, -0.1) is 0 Å². The van der Waals surface area contributed by atoms with Crippen molar-refractivity contribution >= 4 is 23.2 Å². The third kappa shape index (κ3) is 4.59. The van der Waals surface area contributed by atoms with Crippen molar-refractivity contribution in [2.24, 2.45) is 0 Å². The van der Waals surface area contributed by atoms with Crippen molar-refractivity contribution in [1.82, 2.24) is 5.32 Å². The summed E-state index contributed by atoms with van der Waals surface area (Å²) >= 11 is 6.14. The van der Waals surface area contributed by atoms with Crippen LogP contribution in [0.5, 0.6) is 0 Å². The number of halogens is 1. The fraction of sp³-hybridized carbons (Fsp3) is 0.235. The van der Waals surface area contributed by atoms with Crippen molar-refractivity contribution in [3.63, 3.8) is 0 Å². The van der Waals surface area contributed by atoms with E-state index in [-0.39, 0.29) is 18.5 Å². The smallest absolute Gasteiger partial charge is 0.238 e. The third-order valence-electron chi connectivity index (χ3n) is 3.24. The molecule has 4 heteroatoms. The zero-order valence-corrected chi connectivity index (χ0v) is 12.9. The summed E-state index contributed by atoms with van der Waals surface area (Å²) in [5, 5.41) is 6.75. The number of aryl methyl sites for hydroxylation is 1. The van der Waals surface area contributed by atoms with Crippen LogP contribution in [-0.4, -0.2) is 12.5 Å². The molecule has 0 aliphatic carbocycles. The molecule has 1 amide bonds. The zero-order chi connectivity index (χ0) is 15.2. The summed E-state index contributed by atoms with van der Waals surface area (Å²) in [5.74, 6) is -0.0699. The van der Waals surface area contributed by atoms with E-state index in [0.29, 0.717) is 5.02 Å². The number of anilines is 1. The Labute approximate surface area is 130 Å². The molecule has 2 rings (SSSR count). The molecule has 21 heavy (non-hydrogen) atoms. The van der Waals surface area contributed by atoms with Crippen LogP contribution in [0.2, 0.25) is 5.02 Å². The molecule has 0 radical (unpaired) electrons. The van der Waals surface area contributed by atoms with Gasteiger partial charge in [-0.2, -0.15) is 0 Å². The second-order valence-electron chi connectivity index (χ2n) is 5.04. The Kier molecular flexibility index (Phi) is 5.37. The Bertz CT molecular complexity index is 628. The van der Waals surface area contributed by atoms with E-state index in [0.717, 1.165) is 16.8 Å². The van der Waals surface area contributed by atoms with Crippen molar-refractivity contribution in [2.45, 2.75) is 19.9 Å². The van der Waals surface area contributed by atoms with E-state index < -0.39 is 0 Å². The summed E-state index contributed by atoms with van der Waals surface area (Å²) in [6, 6.07) is 15.4. The van der Waals surface area contributed by atoms with Crippen molar-refractivity contribution in [2.75, 3.05) is 11.9 Å². The molecule has 3 nitrogen and oxygen atoms in total.